The van der Waals surface area contributed by atoms with Crippen molar-refractivity contribution in [1.82, 2.24) is 4.90 Å². The molecule has 0 saturated carbocycles. The molecule has 1 saturated heterocycles. The summed E-state index contributed by atoms with van der Waals surface area (Å²) in [6.45, 7) is 4.74. The predicted molar refractivity (Wildman–Crippen MR) is 82.6 cm³/mol. The minimum Gasteiger partial charge on any atom is -0.299 e. The number of thiophene rings is 1. The number of hydrogen-bond acceptors (Lipinski definition) is 5. The molecule has 1 atom stereocenters. The lowest BCUT2D eigenvalue weighted by molar-refractivity contribution is -0.145. The molecule has 1 aliphatic rings. The summed E-state index contributed by atoms with van der Waals surface area (Å²) >= 11 is 1.22. The molecule has 1 unspecified atom stereocenters. The smallest absolute Gasteiger partial charge is 0.299 e. The summed E-state index contributed by atoms with van der Waals surface area (Å²) in [5.41, 5.74) is 0.745. The standard InChI is InChI=1S/C15H16N2O4S/c1-4-5-7-16-12(19)11(10(3)18)13(20)17(15(16)21)14-9(2)6-8-22-14/h4-6,8,11H,7H2,1-3H3. The largest absolute Gasteiger partial charge is 0.339 e. The van der Waals surface area contributed by atoms with Crippen molar-refractivity contribution in [2.24, 2.45) is 5.92 Å². The molecule has 0 bridgehead atoms. The highest BCUT2D eigenvalue weighted by molar-refractivity contribution is 7.14. The van der Waals surface area contributed by atoms with Crippen molar-refractivity contribution in [1.29, 1.82) is 0 Å². The Bertz CT molecular complexity index is 677. The maximum atomic E-state index is 12.5. The number of ketones is 1. The van der Waals surface area contributed by atoms with E-state index in [-0.39, 0.29) is 6.54 Å². The Morgan fingerprint density at radius 1 is 1.32 bits per heavy atom. The molecule has 4 amide bonds. The monoisotopic (exact) mass is 320 g/mol. The lowest BCUT2D eigenvalue weighted by atomic mass is 9.99. The van der Waals surface area contributed by atoms with E-state index in [9.17, 15) is 19.2 Å². The topological polar surface area (TPSA) is 74.8 Å². The van der Waals surface area contributed by atoms with E-state index >= 15 is 0 Å². The number of amides is 4. The zero-order valence-electron chi connectivity index (χ0n) is 12.5. The Labute approximate surface area is 132 Å². The van der Waals surface area contributed by atoms with Gasteiger partial charge in [0.25, 0.3) is 11.8 Å². The van der Waals surface area contributed by atoms with Gasteiger partial charge in [0.1, 0.15) is 5.00 Å². The number of urea groups is 1. The van der Waals surface area contributed by atoms with Gasteiger partial charge in [0, 0.05) is 6.54 Å². The van der Waals surface area contributed by atoms with Crippen LogP contribution >= 0.6 is 11.3 Å². The molecule has 7 heteroatoms. The Kier molecular flexibility index (Phi) is 4.56. The first-order valence-electron chi connectivity index (χ1n) is 6.75. The number of rotatable bonds is 4. The first kappa shape index (κ1) is 16.1. The summed E-state index contributed by atoms with van der Waals surface area (Å²) in [7, 11) is 0. The Morgan fingerprint density at radius 2 is 2.00 bits per heavy atom. The summed E-state index contributed by atoms with van der Waals surface area (Å²) in [5, 5.41) is 2.19. The fraction of sp³-hybridized carbons (Fsp3) is 0.333. The second-order valence-corrected chi connectivity index (χ2v) is 5.82. The minimum atomic E-state index is -1.45. The summed E-state index contributed by atoms with van der Waals surface area (Å²) in [6.07, 6.45) is 3.32. The van der Waals surface area contributed by atoms with Gasteiger partial charge in [0.15, 0.2) is 11.7 Å². The van der Waals surface area contributed by atoms with Gasteiger partial charge in [-0.05, 0) is 37.8 Å². The lowest BCUT2D eigenvalue weighted by Crippen LogP contribution is -2.61. The number of Topliss-reactive ketones (excluding diaryl/α,β-unsaturated/α-hetero) is 1. The van der Waals surface area contributed by atoms with Crippen molar-refractivity contribution < 1.29 is 19.2 Å². The molecule has 2 heterocycles. The van der Waals surface area contributed by atoms with E-state index < -0.39 is 29.5 Å². The van der Waals surface area contributed by atoms with Gasteiger partial charge in [0.2, 0.25) is 0 Å². The third-order valence-electron chi connectivity index (χ3n) is 3.37. The molecule has 0 N–H and O–H groups in total. The maximum Gasteiger partial charge on any atom is 0.339 e. The third-order valence-corrected chi connectivity index (χ3v) is 4.37. The van der Waals surface area contributed by atoms with E-state index in [4.69, 9.17) is 0 Å². The fourth-order valence-electron chi connectivity index (χ4n) is 2.21. The van der Waals surface area contributed by atoms with E-state index in [1.54, 1.807) is 37.4 Å². The van der Waals surface area contributed by atoms with Crippen LogP contribution < -0.4 is 4.90 Å². The van der Waals surface area contributed by atoms with Crippen LogP contribution in [0.3, 0.4) is 0 Å². The summed E-state index contributed by atoms with van der Waals surface area (Å²) in [4.78, 5) is 50.9. The highest BCUT2D eigenvalue weighted by Crippen LogP contribution is 2.32. The lowest BCUT2D eigenvalue weighted by Gasteiger charge is -2.35. The molecule has 0 aliphatic carbocycles. The quantitative estimate of drug-likeness (QED) is 0.629. The highest BCUT2D eigenvalue weighted by atomic mass is 32.1. The van der Waals surface area contributed by atoms with Crippen molar-refractivity contribution in [2.75, 3.05) is 11.4 Å². The average molecular weight is 320 g/mol. The van der Waals surface area contributed by atoms with Gasteiger partial charge in [0.05, 0.1) is 0 Å². The second-order valence-electron chi connectivity index (χ2n) is 4.93. The number of allylic oxidation sites excluding steroid dienone is 1. The zero-order valence-corrected chi connectivity index (χ0v) is 13.3. The van der Waals surface area contributed by atoms with E-state index in [1.165, 1.54) is 18.3 Å². The molecule has 0 aromatic carbocycles. The van der Waals surface area contributed by atoms with Crippen LogP contribution in [0.2, 0.25) is 0 Å². The molecule has 2 rings (SSSR count). The fourth-order valence-corrected chi connectivity index (χ4v) is 3.14. The van der Waals surface area contributed by atoms with Gasteiger partial charge in [-0.1, -0.05) is 12.2 Å². The number of carbonyl (C=O) groups is 4. The number of barbiturate groups is 1. The first-order chi connectivity index (χ1) is 10.4. The Balaban J connectivity index is 2.50. The van der Waals surface area contributed by atoms with E-state index in [1.807, 2.05) is 0 Å². The number of anilines is 1. The van der Waals surface area contributed by atoms with Crippen molar-refractivity contribution >= 4 is 40.0 Å². The van der Waals surface area contributed by atoms with Crippen LogP contribution in [0.15, 0.2) is 23.6 Å². The molecule has 1 aliphatic heterocycles. The van der Waals surface area contributed by atoms with Gasteiger partial charge in [-0.2, -0.15) is 0 Å². The second kappa shape index (κ2) is 6.23. The van der Waals surface area contributed by atoms with Crippen LogP contribution in [-0.4, -0.2) is 35.1 Å². The molecule has 0 radical (unpaired) electrons. The van der Waals surface area contributed by atoms with Crippen LogP contribution in [0.5, 0.6) is 0 Å². The molecule has 1 fully saturated rings. The summed E-state index contributed by atoms with van der Waals surface area (Å²) in [6, 6.07) is 1.06. The molecule has 6 nitrogen and oxygen atoms in total. The molecule has 22 heavy (non-hydrogen) atoms. The number of nitrogens with zero attached hydrogens (tertiary/aromatic N) is 2. The minimum absolute atomic E-state index is 0.0339. The van der Waals surface area contributed by atoms with Crippen molar-refractivity contribution in [3.05, 3.63) is 29.2 Å². The van der Waals surface area contributed by atoms with Crippen molar-refractivity contribution in [3.8, 4) is 0 Å². The maximum absolute atomic E-state index is 12.5. The predicted octanol–water partition coefficient (Wildman–Crippen LogP) is 2.13. The van der Waals surface area contributed by atoms with Crippen LogP contribution in [0.4, 0.5) is 9.80 Å². The van der Waals surface area contributed by atoms with Gasteiger partial charge in [-0.25, -0.2) is 9.69 Å². The van der Waals surface area contributed by atoms with Crippen LogP contribution in [0.25, 0.3) is 0 Å². The van der Waals surface area contributed by atoms with E-state index in [2.05, 4.69) is 0 Å². The molecule has 0 spiro atoms. The number of aryl methyl sites for hydroxylation is 1. The molecule has 1 aromatic rings. The number of imide groups is 2. The number of carbonyl (C=O) groups excluding carboxylic acids is 4. The summed E-state index contributed by atoms with van der Waals surface area (Å²) < 4.78 is 0. The highest BCUT2D eigenvalue weighted by Gasteiger charge is 2.48. The van der Waals surface area contributed by atoms with E-state index in [0.29, 0.717) is 5.00 Å². The third kappa shape index (κ3) is 2.59. The van der Waals surface area contributed by atoms with Gasteiger partial charge < -0.3 is 0 Å². The normalized spacial score (nSPS) is 19.4. The van der Waals surface area contributed by atoms with Gasteiger partial charge in [-0.15, -0.1) is 11.3 Å². The summed E-state index contributed by atoms with van der Waals surface area (Å²) in [5.74, 6) is -3.55. The Morgan fingerprint density at radius 3 is 2.50 bits per heavy atom. The van der Waals surface area contributed by atoms with Gasteiger partial charge in [-0.3, -0.25) is 19.3 Å². The van der Waals surface area contributed by atoms with Crippen molar-refractivity contribution in [2.45, 2.75) is 20.8 Å². The van der Waals surface area contributed by atoms with Crippen molar-refractivity contribution in [3.63, 3.8) is 0 Å². The molecular weight excluding hydrogens is 304 g/mol. The average Bonchev–Trinajstić information content (AvgIpc) is 2.84. The van der Waals surface area contributed by atoms with Crippen LogP contribution in [0.1, 0.15) is 19.4 Å². The molecule has 1 aromatic heterocycles. The van der Waals surface area contributed by atoms with E-state index in [0.717, 1.165) is 15.4 Å². The van der Waals surface area contributed by atoms with Gasteiger partial charge >= 0.3 is 6.03 Å². The van der Waals surface area contributed by atoms with Crippen LogP contribution in [-0.2, 0) is 14.4 Å². The molecular formula is C15H16N2O4S. The van der Waals surface area contributed by atoms with Crippen LogP contribution in [0, 0.1) is 12.8 Å². The Hall–Kier alpha value is -2.28. The number of hydrogen-bond donors (Lipinski definition) is 0. The first-order valence-corrected chi connectivity index (χ1v) is 7.63. The molecule has 116 valence electrons. The SMILES string of the molecule is CC=CCN1C(=O)C(C(C)=O)C(=O)N(c2sccc2C)C1=O. The zero-order chi connectivity index (χ0) is 16.4.